The molecular formula is C8H13N3. The molecule has 1 aliphatic heterocycles. The van der Waals surface area contributed by atoms with Gasteiger partial charge in [0.05, 0.1) is 0 Å². The van der Waals surface area contributed by atoms with E-state index in [4.69, 9.17) is 5.73 Å². The van der Waals surface area contributed by atoms with E-state index >= 15 is 0 Å². The first-order chi connectivity index (χ1) is 5.25. The minimum atomic E-state index is 0.596. The van der Waals surface area contributed by atoms with E-state index in [0.717, 1.165) is 11.3 Å². The van der Waals surface area contributed by atoms with Crippen LogP contribution in [0.1, 0.15) is 13.8 Å². The number of hydrogen-bond acceptors (Lipinski definition) is 3. The number of hydrogen-bond donors (Lipinski definition) is 2. The van der Waals surface area contributed by atoms with Crippen molar-refractivity contribution in [1.29, 1.82) is 0 Å². The van der Waals surface area contributed by atoms with Crippen molar-refractivity contribution in [3.8, 4) is 0 Å². The number of nitrogens with two attached hydrogens (primary N) is 1. The van der Waals surface area contributed by atoms with Crippen LogP contribution in [0.25, 0.3) is 0 Å². The van der Waals surface area contributed by atoms with Crippen LogP contribution in [0.15, 0.2) is 28.4 Å². The molecule has 0 aromatic heterocycles. The molecule has 11 heavy (non-hydrogen) atoms. The third-order valence-electron chi connectivity index (χ3n) is 1.61. The van der Waals surface area contributed by atoms with E-state index in [1.54, 1.807) is 0 Å². The zero-order valence-electron chi connectivity index (χ0n) is 6.89. The van der Waals surface area contributed by atoms with Crippen molar-refractivity contribution < 1.29 is 0 Å². The van der Waals surface area contributed by atoms with Crippen molar-refractivity contribution in [3.05, 3.63) is 23.4 Å². The Morgan fingerprint density at radius 1 is 1.64 bits per heavy atom. The molecule has 0 bridgehead atoms. The third kappa shape index (κ3) is 1.61. The zero-order chi connectivity index (χ0) is 8.27. The Bertz CT molecular complexity index is 236. The van der Waals surface area contributed by atoms with Gasteiger partial charge in [0.25, 0.3) is 0 Å². The van der Waals surface area contributed by atoms with Crippen molar-refractivity contribution in [1.82, 2.24) is 5.32 Å². The molecule has 0 aromatic carbocycles. The van der Waals surface area contributed by atoms with Crippen LogP contribution in [0.5, 0.6) is 0 Å². The van der Waals surface area contributed by atoms with E-state index in [2.05, 4.69) is 10.3 Å². The van der Waals surface area contributed by atoms with Gasteiger partial charge >= 0.3 is 0 Å². The second-order valence-electron chi connectivity index (χ2n) is 2.42. The summed E-state index contributed by atoms with van der Waals surface area (Å²) < 4.78 is 0. The van der Waals surface area contributed by atoms with Crippen molar-refractivity contribution in [2.75, 3.05) is 6.67 Å². The predicted octanol–water partition coefficient (Wildman–Crippen LogP) is 0.754. The maximum absolute atomic E-state index is 5.66. The number of rotatable bonds is 1. The summed E-state index contributed by atoms with van der Waals surface area (Å²) in [6, 6.07) is 0. The molecule has 0 aromatic rings. The SMILES string of the molecule is C/C=C\C1=C(C)NCN=C1N. The van der Waals surface area contributed by atoms with Gasteiger partial charge in [-0.2, -0.15) is 0 Å². The molecular weight excluding hydrogens is 138 g/mol. The molecule has 1 rings (SSSR count). The van der Waals surface area contributed by atoms with Crippen molar-refractivity contribution in [2.24, 2.45) is 10.7 Å². The van der Waals surface area contributed by atoms with Gasteiger partial charge < -0.3 is 11.1 Å². The maximum Gasteiger partial charge on any atom is 0.129 e. The summed E-state index contributed by atoms with van der Waals surface area (Å²) in [5.41, 5.74) is 7.75. The maximum atomic E-state index is 5.66. The molecule has 0 unspecified atom stereocenters. The lowest BCUT2D eigenvalue weighted by molar-refractivity contribution is 0.806. The Labute approximate surface area is 66.7 Å². The van der Waals surface area contributed by atoms with Crippen LogP contribution < -0.4 is 11.1 Å². The van der Waals surface area contributed by atoms with Crippen molar-refractivity contribution in [2.45, 2.75) is 13.8 Å². The molecule has 0 fully saturated rings. The van der Waals surface area contributed by atoms with Gasteiger partial charge in [0.1, 0.15) is 12.5 Å². The molecule has 3 N–H and O–H groups in total. The molecule has 1 aliphatic rings. The first kappa shape index (κ1) is 7.85. The van der Waals surface area contributed by atoms with E-state index in [1.807, 2.05) is 26.0 Å². The Kier molecular flexibility index (Phi) is 2.31. The topological polar surface area (TPSA) is 50.4 Å². The third-order valence-corrected chi connectivity index (χ3v) is 1.61. The average Bonchev–Trinajstić information content (AvgIpc) is 1.97. The molecule has 0 spiro atoms. The molecule has 0 radical (unpaired) electrons. The van der Waals surface area contributed by atoms with E-state index < -0.39 is 0 Å². The molecule has 60 valence electrons. The van der Waals surface area contributed by atoms with Crippen LogP contribution in [-0.2, 0) is 0 Å². The predicted molar refractivity (Wildman–Crippen MR) is 47.1 cm³/mol. The fourth-order valence-corrected chi connectivity index (χ4v) is 0.993. The van der Waals surface area contributed by atoms with Crippen LogP contribution in [0.4, 0.5) is 0 Å². The van der Waals surface area contributed by atoms with Crippen LogP contribution in [-0.4, -0.2) is 12.5 Å². The number of nitrogens with one attached hydrogen (secondary N) is 1. The Balaban J connectivity index is 2.94. The summed E-state index contributed by atoms with van der Waals surface area (Å²) in [5, 5.41) is 3.11. The summed E-state index contributed by atoms with van der Waals surface area (Å²) in [5.74, 6) is 0.624. The van der Waals surface area contributed by atoms with Gasteiger partial charge in [-0.3, -0.25) is 0 Å². The second kappa shape index (κ2) is 3.23. The van der Waals surface area contributed by atoms with Gasteiger partial charge in [-0.1, -0.05) is 12.2 Å². The summed E-state index contributed by atoms with van der Waals surface area (Å²) >= 11 is 0. The summed E-state index contributed by atoms with van der Waals surface area (Å²) in [4.78, 5) is 4.05. The summed E-state index contributed by atoms with van der Waals surface area (Å²) in [6.07, 6.45) is 3.91. The number of nitrogens with zero attached hydrogens (tertiary/aromatic N) is 1. The van der Waals surface area contributed by atoms with Crippen molar-refractivity contribution in [3.63, 3.8) is 0 Å². The lowest BCUT2D eigenvalue weighted by atomic mass is 10.1. The fourth-order valence-electron chi connectivity index (χ4n) is 0.993. The Morgan fingerprint density at radius 2 is 2.36 bits per heavy atom. The minimum absolute atomic E-state index is 0.596. The van der Waals surface area contributed by atoms with E-state index in [-0.39, 0.29) is 0 Å². The number of allylic oxidation sites excluding steroid dienone is 2. The van der Waals surface area contributed by atoms with E-state index in [1.165, 1.54) is 0 Å². The molecule has 3 heteroatoms. The smallest absolute Gasteiger partial charge is 0.129 e. The van der Waals surface area contributed by atoms with E-state index in [0.29, 0.717) is 12.5 Å². The Hall–Kier alpha value is -1.25. The van der Waals surface area contributed by atoms with Gasteiger partial charge in [0, 0.05) is 11.3 Å². The lowest BCUT2D eigenvalue weighted by Gasteiger charge is -2.14. The van der Waals surface area contributed by atoms with Gasteiger partial charge in [-0.25, -0.2) is 4.99 Å². The highest BCUT2D eigenvalue weighted by atomic mass is 15.1. The van der Waals surface area contributed by atoms with Gasteiger partial charge in [-0.05, 0) is 13.8 Å². The van der Waals surface area contributed by atoms with Crippen LogP contribution in [0, 0.1) is 0 Å². The monoisotopic (exact) mass is 151 g/mol. The van der Waals surface area contributed by atoms with Crippen LogP contribution in [0.2, 0.25) is 0 Å². The van der Waals surface area contributed by atoms with E-state index in [9.17, 15) is 0 Å². The van der Waals surface area contributed by atoms with Crippen molar-refractivity contribution >= 4 is 5.84 Å². The molecule has 1 heterocycles. The first-order valence-corrected chi connectivity index (χ1v) is 3.63. The number of aliphatic imine (C=N–C) groups is 1. The highest BCUT2D eigenvalue weighted by Crippen LogP contribution is 2.06. The molecule has 0 saturated heterocycles. The largest absolute Gasteiger partial charge is 0.383 e. The Morgan fingerprint density at radius 3 is 2.91 bits per heavy atom. The molecule has 0 aliphatic carbocycles. The number of amidine groups is 1. The molecule has 0 saturated carbocycles. The standard InChI is InChI=1S/C8H13N3/c1-3-4-7-6(2)10-5-11-8(7)9/h3-4,10H,5H2,1-2H3,(H2,9,11)/b4-3-. The van der Waals surface area contributed by atoms with Gasteiger partial charge in [0.2, 0.25) is 0 Å². The second-order valence-corrected chi connectivity index (χ2v) is 2.42. The zero-order valence-corrected chi connectivity index (χ0v) is 6.89. The quantitative estimate of drug-likeness (QED) is 0.581. The molecule has 0 atom stereocenters. The van der Waals surface area contributed by atoms with Crippen LogP contribution >= 0.6 is 0 Å². The van der Waals surface area contributed by atoms with Crippen LogP contribution in [0.3, 0.4) is 0 Å². The van der Waals surface area contributed by atoms with Gasteiger partial charge in [-0.15, -0.1) is 0 Å². The normalized spacial score (nSPS) is 18.5. The van der Waals surface area contributed by atoms with Gasteiger partial charge in [0.15, 0.2) is 0 Å². The highest BCUT2D eigenvalue weighted by Gasteiger charge is 2.06. The minimum Gasteiger partial charge on any atom is -0.383 e. The summed E-state index contributed by atoms with van der Waals surface area (Å²) in [7, 11) is 0. The summed E-state index contributed by atoms with van der Waals surface area (Å²) in [6.45, 7) is 4.55. The highest BCUT2D eigenvalue weighted by molar-refractivity contribution is 6.00. The average molecular weight is 151 g/mol. The first-order valence-electron chi connectivity index (χ1n) is 3.63. The fraction of sp³-hybridized carbons (Fsp3) is 0.375. The lowest BCUT2D eigenvalue weighted by Crippen LogP contribution is -2.27. The molecule has 3 nitrogen and oxygen atoms in total. The molecule has 0 amide bonds.